The molecule has 0 radical (unpaired) electrons. The SMILES string of the molecule is CS(=O)(=O)c1ccc(Cc2nnc(NC(=O)C3CCCN(S(C)(=O)=O)C3)o2)cc1. The second-order valence-electron chi connectivity index (χ2n) is 7.04. The van der Waals surface area contributed by atoms with Gasteiger partial charge in [-0.05, 0) is 30.5 Å². The molecular weight excluding hydrogens is 420 g/mol. The van der Waals surface area contributed by atoms with Crippen LogP contribution in [-0.4, -0.2) is 62.8 Å². The Hall–Kier alpha value is -2.31. The molecule has 1 saturated heterocycles. The molecule has 1 aromatic carbocycles. The van der Waals surface area contributed by atoms with Gasteiger partial charge in [0.15, 0.2) is 9.84 Å². The van der Waals surface area contributed by atoms with Gasteiger partial charge < -0.3 is 4.42 Å². The highest BCUT2D eigenvalue weighted by molar-refractivity contribution is 7.90. The maximum absolute atomic E-state index is 12.4. The average molecular weight is 443 g/mol. The smallest absolute Gasteiger partial charge is 0.322 e. The fourth-order valence-electron chi connectivity index (χ4n) is 3.07. The highest BCUT2D eigenvalue weighted by atomic mass is 32.2. The summed E-state index contributed by atoms with van der Waals surface area (Å²) in [6, 6.07) is 6.25. The number of hydrogen-bond acceptors (Lipinski definition) is 8. The van der Waals surface area contributed by atoms with Crippen LogP contribution >= 0.6 is 0 Å². The van der Waals surface area contributed by atoms with Gasteiger partial charge in [0, 0.05) is 19.3 Å². The molecule has 1 unspecified atom stereocenters. The molecule has 10 nitrogen and oxygen atoms in total. The van der Waals surface area contributed by atoms with Crippen LogP contribution in [0.5, 0.6) is 0 Å². The zero-order chi connectivity index (χ0) is 21.2. The Morgan fingerprint density at radius 2 is 1.86 bits per heavy atom. The molecule has 158 valence electrons. The van der Waals surface area contributed by atoms with Crippen LogP contribution in [0.15, 0.2) is 33.6 Å². The molecule has 2 aromatic rings. The fourth-order valence-corrected chi connectivity index (χ4v) is 4.61. The van der Waals surface area contributed by atoms with Crippen molar-refractivity contribution < 1.29 is 26.0 Å². The highest BCUT2D eigenvalue weighted by Crippen LogP contribution is 2.21. The number of sulfone groups is 1. The Kier molecular flexibility index (Phi) is 6.05. The lowest BCUT2D eigenvalue weighted by Crippen LogP contribution is -2.43. The molecule has 1 atom stereocenters. The first-order chi connectivity index (χ1) is 13.5. The van der Waals surface area contributed by atoms with Crippen LogP contribution in [0.3, 0.4) is 0 Å². The Bertz CT molecular complexity index is 1090. The number of anilines is 1. The summed E-state index contributed by atoms with van der Waals surface area (Å²) in [7, 11) is -6.61. The number of carbonyl (C=O) groups excluding carboxylic acids is 1. The van der Waals surface area contributed by atoms with Crippen molar-refractivity contribution in [2.24, 2.45) is 5.92 Å². The molecule has 12 heteroatoms. The third kappa shape index (κ3) is 5.61. The average Bonchev–Trinajstić information content (AvgIpc) is 3.07. The zero-order valence-corrected chi connectivity index (χ0v) is 17.7. The van der Waals surface area contributed by atoms with Crippen LogP contribution in [0.1, 0.15) is 24.3 Å². The van der Waals surface area contributed by atoms with Gasteiger partial charge in [-0.15, -0.1) is 5.10 Å². The maximum atomic E-state index is 12.4. The van der Waals surface area contributed by atoms with Gasteiger partial charge in [0.1, 0.15) is 0 Å². The number of amides is 1. The van der Waals surface area contributed by atoms with Crippen LogP contribution < -0.4 is 5.32 Å². The largest absolute Gasteiger partial charge is 0.407 e. The third-order valence-electron chi connectivity index (χ3n) is 4.63. The van der Waals surface area contributed by atoms with E-state index in [0.717, 1.165) is 18.1 Å². The summed E-state index contributed by atoms with van der Waals surface area (Å²) in [4.78, 5) is 12.6. The first-order valence-corrected chi connectivity index (χ1v) is 12.6. The van der Waals surface area contributed by atoms with E-state index in [1.165, 1.54) is 16.4 Å². The molecule has 0 spiro atoms. The zero-order valence-electron chi connectivity index (χ0n) is 16.0. The number of piperidine rings is 1. The van der Waals surface area contributed by atoms with Gasteiger partial charge >= 0.3 is 6.01 Å². The summed E-state index contributed by atoms with van der Waals surface area (Å²) < 4.78 is 53.1. The van der Waals surface area contributed by atoms with E-state index in [4.69, 9.17) is 4.42 Å². The molecule has 1 aliphatic heterocycles. The van der Waals surface area contributed by atoms with E-state index in [1.807, 2.05) is 0 Å². The number of sulfonamides is 1. The van der Waals surface area contributed by atoms with Gasteiger partial charge in [-0.25, -0.2) is 21.1 Å². The van der Waals surface area contributed by atoms with Gasteiger partial charge in [-0.3, -0.25) is 10.1 Å². The van der Waals surface area contributed by atoms with Gasteiger partial charge in [0.2, 0.25) is 21.8 Å². The second kappa shape index (κ2) is 8.20. The van der Waals surface area contributed by atoms with E-state index in [1.54, 1.807) is 12.1 Å². The quantitative estimate of drug-likeness (QED) is 0.689. The van der Waals surface area contributed by atoms with E-state index in [0.29, 0.717) is 19.4 Å². The predicted molar refractivity (Wildman–Crippen MR) is 104 cm³/mol. The molecule has 3 rings (SSSR count). The lowest BCUT2D eigenvalue weighted by Gasteiger charge is -2.29. The molecule has 1 aliphatic rings. The van der Waals surface area contributed by atoms with Crippen molar-refractivity contribution in [3.63, 3.8) is 0 Å². The molecular formula is C17H22N4O6S2. The molecule has 0 saturated carbocycles. The van der Waals surface area contributed by atoms with Crippen molar-refractivity contribution in [2.75, 3.05) is 30.9 Å². The first-order valence-electron chi connectivity index (χ1n) is 8.90. The number of nitrogens with zero attached hydrogens (tertiary/aromatic N) is 3. The number of benzene rings is 1. The number of nitrogens with one attached hydrogen (secondary N) is 1. The van der Waals surface area contributed by atoms with Crippen molar-refractivity contribution in [3.05, 3.63) is 35.7 Å². The van der Waals surface area contributed by atoms with E-state index >= 15 is 0 Å². The van der Waals surface area contributed by atoms with Crippen LogP contribution in [0, 0.1) is 5.92 Å². The lowest BCUT2D eigenvalue weighted by atomic mass is 9.99. The van der Waals surface area contributed by atoms with Crippen molar-refractivity contribution >= 4 is 31.8 Å². The second-order valence-corrected chi connectivity index (χ2v) is 11.0. The molecule has 1 N–H and O–H groups in total. The fraction of sp³-hybridized carbons (Fsp3) is 0.471. The minimum atomic E-state index is -3.34. The highest BCUT2D eigenvalue weighted by Gasteiger charge is 2.30. The van der Waals surface area contributed by atoms with Gasteiger partial charge in [0.05, 0.1) is 23.5 Å². The predicted octanol–water partition coefficient (Wildman–Crippen LogP) is 0.674. The molecule has 2 heterocycles. The summed E-state index contributed by atoms with van der Waals surface area (Å²) in [5, 5.41) is 10.2. The summed E-state index contributed by atoms with van der Waals surface area (Å²) in [5.41, 5.74) is 0.773. The van der Waals surface area contributed by atoms with Crippen molar-refractivity contribution in [3.8, 4) is 0 Å². The molecule has 1 fully saturated rings. The number of rotatable bonds is 6. The minimum absolute atomic E-state index is 0.0609. The normalized spacial score (nSPS) is 18.5. The lowest BCUT2D eigenvalue weighted by molar-refractivity contribution is -0.121. The summed E-state index contributed by atoms with van der Waals surface area (Å²) in [6.45, 7) is 0.532. The van der Waals surface area contributed by atoms with Gasteiger partial charge in [0.25, 0.3) is 0 Å². The van der Waals surface area contributed by atoms with Crippen LogP contribution in [0.2, 0.25) is 0 Å². The first kappa shape index (κ1) is 21.4. The van der Waals surface area contributed by atoms with Crippen molar-refractivity contribution in [2.45, 2.75) is 24.2 Å². The van der Waals surface area contributed by atoms with Crippen LogP contribution in [0.4, 0.5) is 6.01 Å². The van der Waals surface area contributed by atoms with Crippen molar-refractivity contribution in [1.82, 2.24) is 14.5 Å². The number of hydrogen-bond donors (Lipinski definition) is 1. The monoisotopic (exact) mass is 442 g/mol. The molecule has 1 aromatic heterocycles. The Labute approximate surface area is 169 Å². The number of aromatic nitrogens is 2. The summed E-state index contributed by atoms with van der Waals surface area (Å²) in [5.74, 6) is -0.600. The summed E-state index contributed by atoms with van der Waals surface area (Å²) in [6.07, 6.45) is 3.71. The van der Waals surface area contributed by atoms with E-state index in [9.17, 15) is 21.6 Å². The molecule has 0 aliphatic carbocycles. The topological polar surface area (TPSA) is 140 Å². The van der Waals surface area contributed by atoms with E-state index < -0.39 is 25.8 Å². The number of carbonyl (C=O) groups is 1. The maximum Gasteiger partial charge on any atom is 0.322 e. The van der Waals surface area contributed by atoms with E-state index in [-0.39, 0.29) is 35.7 Å². The van der Waals surface area contributed by atoms with Crippen molar-refractivity contribution in [1.29, 1.82) is 0 Å². The molecule has 0 bridgehead atoms. The Morgan fingerprint density at radius 3 is 2.48 bits per heavy atom. The molecule has 29 heavy (non-hydrogen) atoms. The third-order valence-corrected chi connectivity index (χ3v) is 7.03. The minimum Gasteiger partial charge on any atom is -0.407 e. The van der Waals surface area contributed by atoms with Crippen LogP contribution in [-0.2, 0) is 31.1 Å². The molecule has 1 amide bonds. The Morgan fingerprint density at radius 1 is 1.17 bits per heavy atom. The van der Waals surface area contributed by atoms with Gasteiger partial charge in [-0.2, -0.15) is 0 Å². The Balaban J connectivity index is 1.61. The summed E-state index contributed by atoms with van der Waals surface area (Å²) >= 11 is 0. The van der Waals surface area contributed by atoms with Crippen LogP contribution in [0.25, 0.3) is 0 Å². The van der Waals surface area contributed by atoms with E-state index in [2.05, 4.69) is 15.5 Å². The van der Waals surface area contributed by atoms with Gasteiger partial charge in [-0.1, -0.05) is 17.2 Å². The standard InChI is InChI=1S/C17H22N4O6S2/c1-28(23,24)14-7-5-12(6-8-14)10-15-19-20-17(27-15)18-16(22)13-4-3-9-21(11-13)29(2,25)26/h5-8,13H,3-4,9-11H2,1-2H3,(H,18,20,22).